The molecule has 1 aliphatic carbocycles. The molecular weight excluding hydrogens is 180 g/mol. The minimum atomic E-state index is 0.369. The second kappa shape index (κ2) is 4.71. The third-order valence-corrected chi connectivity index (χ3v) is 3.53. The van der Waals surface area contributed by atoms with E-state index in [-0.39, 0.29) is 0 Å². The fourth-order valence-electron chi connectivity index (χ4n) is 2.44. The lowest BCUT2D eigenvalue weighted by Gasteiger charge is -2.34. The first-order chi connectivity index (χ1) is 6.97. The Morgan fingerprint density at radius 2 is 2.20 bits per heavy atom. The van der Waals surface area contributed by atoms with Gasteiger partial charge in [0.1, 0.15) is 0 Å². The molecule has 0 aliphatic heterocycles. The molecular formula is C15H22. The zero-order valence-corrected chi connectivity index (χ0v) is 10.5. The van der Waals surface area contributed by atoms with Gasteiger partial charge in [-0.05, 0) is 50.5 Å². The van der Waals surface area contributed by atoms with E-state index in [1.807, 2.05) is 6.92 Å². The minimum Gasteiger partial charge on any atom is -0.115 e. The molecule has 0 spiro atoms. The van der Waals surface area contributed by atoms with Gasteiger partial charge in [-0.15, -0.1) is 6.42 Å². The van der Waals surface area contributed by atoms with E-state index in [1.54, 1.807) is 11.1 Å². The quantitative estimate of drug-likeness (QED) is 0.457. The first-order valence-electron chi connectivity index (χ1n) is 5.80. The van der Waals surface area contributed by atoms with Crippen LogP contribution in [0.4, 0.5) is 0 Å². The maximum atomic E-state index is 5.36. The Bertz CT molecular complexity index is 332. The van der Waals surface area contributed by atoms with Crippen molar-refractivity contribution in [2.24, 2.45) is 5.41 Å². The third kappa shape index (κ3) is 2.99. The molecule has 0 unspecified atom stereocenters. The largest absolute Gasteiger partial charge is 0.115 e. The molecule has 0 nitrogen and oxygen atoms in total. The van der Waals surface area contributed by atoms with E-state index >= 15 is 0 Å². The fourth-order valence-corrected chi connectivity index (χ4v) is 2.44. The van der Waals surface area contributed by atoms with Crippen LogP contribution in [0.5, 0.6) is 0 Å². The molecule has 0 aromatic carbocycles. The number of hydrogen-bond donors (Lipinski definition) is 0. The average Bonchev–Trinajstić information content (AvgIpc) is 2.15. The lowest BCUT2D eigenvalue weighted by Crippen LogP contribution is -2.20. The van der Waals surface area contributed by atoms with Gasteiger partial charge < -0.3 is 0 Å². The van der Waals surface area contributed by atoms with Crippen LogP contribution < -0.4 is 0 Å². The van der Waals surface area contributed by atoms with Crippen molar-refractivity contribution in [3.8, 4) is 12.3 Å². The van der Waals surface area contributed by atoms with Gasteiger partial charge in [-0.25, -0.2) is 0 Å². The summed E-state index contributed by atoms with van der Waals surface area (Å²) in [6.45, 7) is 8.98. The van der Waals surface area contributed by atoms with Crippen LogP contribution in [0, 0.1) is 17.8 Å². The van der Waals surface area contributed by atoms with Crippen LogP contribution in [-0.4, -0.2) is 0 Å². The Kier molecular flexibility index (Phi) is 3.80. The molecule has 0 amide bonds. The summed E-state index contributed by atoms with van der Waals surface area (Å²) in [5.41, 5.74) is 4.60. The molecule has 0 atom stereocenters. The smallest absolute Gasteiger partial charge is 0.00501 e. The van der Waals surface area contributed by atoms with Gasteiger partial charge in [0.15, 0.2) is 0 Å². The Morgan fingerprint density at radius 1 is 1.53 bits per heavy atom. The standard InChI is InChI=1S/C15H22/c1-6-12(2)9-10-14-13(3)8-7-11-15(14,4)5/h1,9H,7-8,10-11H2,2-5H3. The minimum absolute atomic E-state index is 0.369. The predicted molar refractivity (Wildman–Crippen MR) is 67.5 cm³/mol. The van der Waals surface area contributed by atoms with Crippen molar-refractivity contribution in [3.05, 3.63) is 22.8 Å². The van der Waals surface area contributed by atoms with Gasteiger partial charge in [-0.2, -0.15) is 0 Å². The molecule has 0 fully saturated rings. The molecule has 82 valence electrons. The summed E-state index contributed by atoms with van der Waals surface area (Å²) in [6, 6.07) is 0. The maximum Gasteiger partial charge on any atom is -0.00501 e. The monoisotopic (exact) mass is 202 g/mol. The molecule has 0 aromatic rings. The van der Waals surface area contributed by atoms with Crippen LogP contribution in [-0.2, 0) is 0 Å². The highest BCUT2D eigenvalue weighted by Gasteiger charge is 2.27. The van der Waals surface area contributed by atoms with E-state index in [4.69, 9.17) is 6.42 Å². The average molecular weight is 202 g/mol. The van der Waals surface area contributed by atoms with Crippen molar-refractivity contribution >= 4 is 0 Å². The highest BCUT2D eigenvalue weighted by molar-refractivity contribution is 5.29. The molecule has 15 heavy (non-hydrogen) atoms. The van der Waals surface area contributed by atoms with Crippen LogP contribution in [0.15, 0.2) is 22.8 Å². The Morgan fingerprint density at radius 3 is 2.73 bits per heavy atom. The molecule has 0 aromatic heterocycles. The van der Waals surface area contributed by atoms with Crippen LogP contribution >= 0.6 is 0 Å². The van der Waals surface area contributed by atoms with Gasteiger partial charge in [0.25, 0.3) is 0 Å². The van der Waals surface area contributed by atoms with Gasteiger partial charge in [-0.1, -0.05) is 37.0 Å². The number of rotatable bonds is 2. The second-order valence-corrected chi connectivity index (χ2v) is 5.23. The molecule has 1 aliphatic rings. The zero-order valence-electron chi connectivity index (χ0n) is 10.5. The van der Waals surface area contributed by atoms with Crippen molar-refractivity contribution in [2.45, 2.75) is 53.4 Å². The molecule has 0 heteroatoms. The van der Waals surface area contributed by atoms with Crippen molar-refractivity contribution in [3.63, 3.8) is 0 Å². The van der Waals surface area contributed by atoms with Gasteiger partial charge >= 0.3 is 0 Å². The SMILES string of the molecule is C#CC(C)=CCC1=C(C)CCCC1(C)C. The van der Waals surface area contributed by atoms with Crippen LogP contribution in [0.1, 0.15) is 53.4 Å². The van der Waals surface area contributed by atoms with E-state index < -0.39 is 0 Å². The van der Waals surface area contributed by atoms with Crippen LogP contribution in [0.25, 0.3) is 0 Å². The van der Waals surface area contributed by atoms with E-state index in [9.17, 15) is 0 Å². The third-order valence-electron chi connectivity index (χ3n) is 3.53. The van der Waals surface area contributed by atoms with Crippen molar-refractivity contribution < 1.29 is 0 Å². The number of hydrogen-bond acceptors (Lipinski definition) is 0. The molecule has 0 saturated carbocycles. The Balaban J connectivity index is 2.87. The number of terminal acetylenes is 1. The first kappa shape index (κ1) is 12.1. The summed E-state index contributed by atoms with van der Waals surface area (Å²) in [7, 11) is 0. The van der Waals surface area contributed by atoms with Crippen molar-refractivity contribution in [2.75, 3.05) is 0 Å². The highest BCUT2D eigenvalue weighted by atomic mass is 14.3. The van der Waals surface area contributed by atoms with E-state index in [1.165, 1.54) is 19.3 Å². The van der Waals surface area contributed by atoms with E-state index in [2.05, 4.69) is 32.8 Å². The lowest BCUT2D eigenvalue weighted by molar-refractivity contribution is 0.360. The summed E-state index contributed by atoms with van der Waals surface area (Å²) in [6.07, 6.45) is 12.5. The van der Waals surface area contributed by atoms with Gasteiger partial charge in [-0.3, -0.25) is 0 Å². The summed E-state index contributed by atoms with van der Waals surface area (Å²) in [4.78, 5) is 0. The van der Waals surface area contributed by atoms with E-state index in [0.29, 0.717) is 5.41 Å². The molecule has 0 saturated heterocycles. The first-order valence-corrected chi connectivity index (χ1v) is 5.80. The van der Waals surface area contributed by atoms with Crippen molar-refractivity contribution in [1.29, 1.82) is 0 Å². The van der Waals surface area contributed by atoms with Crippen molar-refractivity contribution in [1.82, 2.24) is 0 Å². The Hall–Kier alpha value is -0.960. The van der Waals surface area contributed by atoms with Crippen LogP contribution in [0.3, 0.4) is 0 Å². The normalized spacial score (nSPS) is 21.4. The Labute approximate surface area is 94.5 Å². The topological polar surface area (TPSA) is 0 Å². The van der Waals surface area contributed by atoms with Gasteiger partial charge in [0, 0.05) is 0 Å². The molecule has 0 bridgehead atoms. The summed E-state index contributed by atoms with van der Waals surface area (Å²) >= 11 is 0. The fraction of sp³-hybridized carbons (Fsp3) is 0.600. The highest BCUT2D eigenvalue weighted by Crippen LogP contribution is 2.41. The molecule has 0 N–H and O–H groups in total. The van der Waals surface area contributed by atoms with Gasteiger partial charge in [0.05, 0.1) is 0 Å². The van der Waals surface area contributed by atoms with Crippen LogP contribution in [0.2, 0.25) is 0 Å². The summed E-state index contributed by atoms with van der Waals surface area (Å²) in [5, 5.41) is 0. The maximum absolute atomic E-state index is 5.36. The molecule has 1 rings (SSSR count). The molecule has 0 radical (unpaired) electrons. The number of allylic oxidation sites excluding steroid dienone is 4. The molecule has 0 heterocycles. The summed E-state index contributed by atoms with van der Waals surface area (Å²) in [5.74, 6) is 2.69. The lowest BCUT2D eigenvalue weighted by atomic mass is 9.71. The second-order valence-electron chi connectivity index (χ2n) is 5.23. The summed E-state index contributed by atoms with van der Waals surface area (Å²) < 4.78 is 0. The van der Waals surface area contributed by atoms with Gasteiger partial charge in [0.2, 0.25) is 0 Å². The zero-order chi connectivity index (χ0) is 11.5. The van der Waals surface area contributed by atoms with E-state index in [0.717, 1.165) is 12.0 Å². The predicted octanol–water partition coefficient (Wildman–Crippen LogP) is 4.48.